The molecule has 1 saturated heterocycles. The van der Waals surface area contributed by atoms with Crippen molar-refractivity contribution >= 4 is 29.2 Å². The average Bonchev–Trinajstić information content (AvgIpc) is 3.51. The molecular formula is C24H29FN8O. The SMILES string of the molecule is CC(C)c1cc(Nc2nc(N3CCC[C@@H]3C(=O)Nc3ccc(F)nc3)nc3c2CCCC3)n[nH]1. The van der Waals surface area contributed by atoms with Crippen LogP contribution in [0.2, 0.25) is 0 Å². The monoisotopic (exact) mass is 464 g/mol. The molecule has 5 rings (SSSR count). The third-order valence-corrected chi connectivity index (χ3v) is 6.44. The number of aromatic nitrogens is 5. The van der Waals surface area contributed by atoms with Gasteiger partial charge >= 0.3 is 0 Å². The highest BCUT2D eigenvalue weighted by Crippen LogP contribution is 2.32. The van der Waals surface area contributed by atoms with Crippen LogP contribution in [0.15, 0.2) is 24.4 Å². The van der Waals surface area contributed by atoms with Gasteiger partial charge in [-0.1, -0.05) is 13.8 Å². The predicted molar refractivity (Wildman–Crippen MR) is 128 cm³/mol. The Hall–Kier alpha value is -3.56. The maximum absolute atomic E-state index is 13.1. The number of carbonyl (C=O) groups is 1. The number of hydrogen-bond donors (Lipinski definition) is 3. The third kappa shape index (κ3) is 4.57. The first-order valence-corrected chi connectivity index (χ1v) is 11.9. The number of anilines is 4. The molecule has 0 aromatic carbocycles. The Bertz CT molecular complexity index is 1180. The van der Waals surface area contributed by atoms with E-state index in [9.17, 15) is 9.18 Å². The standard InChI is InChI=1S/C24H29FN8O/c1-14(2)18-12-21(32-31-18)29-22-16-6-3-4-7-17(16)28-24(30-22)33-11-5-8-19(33)23(34)27-15-9-10-20(25)26-13-15/h9-10,12-14,19H,3-8,11H2,1-2H3,(H,27,34)(H2,28,29,30,31,32)/t19-/m1/s1. The molecule has 10 heteroatoms. The molecular weight excluding hydrogens is 435 g/mol. The van der Waals surface area contributed by atoms with Gasteiger partial charge in [0.15, 0.2) is 5.82 Å². The summed E-state index contributed by atoms with van der Waals surface area (Å²) in [6.45, 7) is 4.92. The van der Waals surface area contributed by atoms with E-state index in [1.807, 2.05) is 11.0 Å². The minimum Gasteiger partial charge on any atom is -0.329 e. The zero-order chi connectivity index (χ0) is 23.7. The van der Waals surface area contributed by atoms with Gasteiger partial charge in [0.1, 0.15) is 11.9 Å². The molecule has 4 heterocycles. The van der Waals surface area contributed by atoms with E-state index in [4.69, 9.17) is 9.97 Å². The summed E-state index contributed by atoms with van der Waals surface area (Å²) in [5.74, 6) is 1.63. The molecule has 3 N–H and O–H groups in total. The van der Waals surface area contributed by atoms with Crippen LogP contribution in [-0.4, -0.2) is 43.6 Å². The summed E-state index contributed by atoms with van der Waals surface area (Å²) >= 11 is 0. The van der Waals surface area contributed by atoms with Gasteiger partial charge in [-0.15, -0.1) is 0 Å². The molecule has 0 saturated carbocycles. The molecule has 0 radical (unpaired) electrons. The Morgan fingerprint density at radius 2 is 2.06 bits per heavy atom. The number of carbonyl (C=O) groups excluding carboxylic acids is 1. The van der Waals surface area contributed by atoms with E-state index in [1.165, 1.54) is 18.3 Å². The van der Waals surface area contributed by atoms with Gasteiger partial charge in [0.25, 0.3) is 0 Å². The van der Waals surface area contributed by atoms with Crippen LogP contribution < -0.4 is 15.5 Å². The number of rotatable bonds is 6. The van der Waals surface area contributed by atoms with Gasteiger partial charge in [-0.25, -0.2) is 9.97 Å². The van der Waals surface area contributed by atoms with Crippen molar-refractivity contribution in [3.05, 3.63) is 47.3 Å². The first-order valence-electron chi connectivity index (χ1n) is 11.9. The Morgan fingerprint density at radius 1 is 1.21 bits per heavy atom. The lowest BCUT2D eigenvalue weighted by molar-refractivity contribution is -0.117. The lowest BCUT2D eigenvalue weighted by Crippen LogP contribution is -2.41. The van der Waals surface area contributed by atoms with Crippen molar-refractivity contribution in [2.45, 2.75) is 64.3 Å². The van der Waals surface area contributed by atoms with E-state index in [0.717, 1.165) is 60.7 Å². The molecule has 3 aromatic rings. The fourth-order valence-corrected chi connectivity index (χ4v) is 4.58. The third-order valence-electron chi connectivity index (χ3n) is 6.44. The van der Waals surface area contributed by atoms with Gasteiger partial charge in [0, 0.05) is 23.9 Å². The summed E-state index contributed by atoms with van der Waals surface area (Å²) in [5.41, 5.74) is 3.68. The lowest BCUT2D eigenvalue weighted by atomic mass is 9.96. The van der Waals surface area contributed by atoms with Crippen LogP contribution in [0.3, 0.4) is 0 Å². The first kappa shape index (κ1) is 22.2. The van der Waals surface area contributed by atoms with Crippen LogP contribution in [0.4, 0.5) is 27.7 Å². The maximum atomic E-state index is 13.1. The summed E-state index contributed by atoms with van der Waals surface area (Å²) in [4.78, 5) is 28.4. The van der Waals surface area contributed by atoms with Gasteiger partial charge in [0.2, 0.25) is 17.8 Å². The van der Waals surface area contributed by atoms with Crippen molar-refractivity contribution < 1.29 is 9.18 Å². The number of fused-ring (bicyclic) bond motifs is 1. The van der Waals surface area contributed by atoms with Crippen molar-refractivity contribution in [2.24, 2.45) is 0 Å². The molecule has 1 aliphatic heterocycles. The number of H-pyrrole nitrogens is 1. The second-order valence-corrected chi connectivity index (χ2v) is 9.20. The summed E-state index contributed by atoms with van der Waals surface area (Å²) in [6, 6.07) is 4.33. The fourth-order valence-electron chi connectivity index (χ4n) is 4.58. The number of hydrogen-bond acceptors (Lipinski definition) is 7. The number of pyridine rings is 1. The van der Waals surface area contributed by atoms with Gasteiger partial charge in [-0.3, -0.25) is 9.89 Å². The molecule has 1 fully saturated rings. The first-order chi connectivity index (χ1) is 16.5. The molecule has 1 amide bonds. The average molecular weight is 465 g/mol. The van der Waals surface area contributed by atoms with Crippen LogP contribution in [0.1, 0.15) is 62.4 Å². The highest BCUT2D eigenvalue weighted by Gasteiger charge is 2.34. The van der Waals surface area contributed by atoms with Gasteiger partial charge in [-0.2, -0.15) is 14.5 Å². The van der Waals surface area contributed by atoms with Crippen molar-refractivity contribution in [1.29, 1.82) is 0 Å². The molecule has 34 heavy (non-hydrogen) atoms. The zero-order valence-corrected chi connectivity index (χ0v) is 19.4. The van der Waals surface area contributed by atoms with Crippen molar-refractivity contribution in [1.82, 2.24) is 25.1 Å². The second-order valence-electron chi connectivity index (χ2n) is 9.20. The Morgan fingerprint density at radius 3 is 2.82 bits per heavy atom. The highest BCUT2D eigenvalue weighted by molar-refractivity contribution is 5.96. The Labute approximate surface area is 197 Å². The molecule has 0 spiro atoms. The van der Waals surface area contributed by atoms with Crippen molar-refractivity contribution in [3.8, 4) is 0 Å². The number of nitrogens with zero attached hydrogens (tertiary/aromatic N) is 5. The van der Waals surface area contributed by atoms with Crippen molar-refractivity contribution in [2.75, 3.05) is 22.1 Å². The Kier molecular flexibility index (Phi) is 6.12. The van der Waals surface area contributed by atoms with E-state index in [-0.39, 0.29) is 5.91 Å². The number of amides is 1. The fraction of sp³-hybridized carbons (Fsp3) is 0.458. The van der Waals surface area contributed by atoms with Gasteiger partial charge in [-0.05, 0) is 56.6 Å². The van der Waals surface area contributed by atoms with Crippen LogP contribution in [0, 0.1) is 5.95 Å². The normalized spacial score (nSPS) is 17.6. The molecule has 0 unspecified atom stereocenters. The lowest BCUT2D eigenvalue weighted by Gasteiger charge is -2.27. The molecule has 0 bridgehead atoms. The minimum atomic E-state index is -0.583. The Balaban J connectivity index is 1.42. The van der Waals surface area contributed by atoms with Crippen LogP contribution in [0.5, 0.6) is 0 Å². The summed E-state index contributed by atoms with van der Waals surface area (Å²) < 4.78 is 13.1. The highest BCUT2D eigenvalue weighted by atomic mass is 19.1. The van der Waals surface area contributed by atoms with E-state index >= 15 is 0 Å². The predicted octanol–water partition coefficient (Wildman–Crippen LogP) is 4.09. The smallest absolute Gasteiger partial charge is 0.247 e. The second kappa shape index (κ2) is 9.36. The molecule has 9 nitrogen and oxygen atoms in total. The van der Waals surface area contributed by atoms with Gasteiger partial charge < -0.3 is 15.5 Å². The van der Waals surface area contributed by atoms with E-state index < -0.39 is 12.0 Å². The summed E-state index contributed by atoms with van der Waals surface area (Å²) in [7, 11) is 0. The molecule has 2 aliphatic rings. The van der Waals surface area contributed by atoms with E-state index in [1.54, 1.807) is 0 Å². The molecule has 1 aliphatic carbocycles. The van der Waals surface area contributed by atoms with Crippen molar-refractivity contribution in [3.63, 3.8) is 0 Å². The summed E-state index contributed by atoms with van der Waals surface area (Å²) in [5, 5.41) is 13.7. The zero-order valence-electron chi connectivity index (χ0n) is 19.4. The number of halogens is 1. The van der Waals surface area contributed by atoms with Gasteiger partial charge in [0.05, 0.1) is 17.6 Å². The van der Waals surface area contributed by atoms with E-state index in [0.29, 0.717) is 30.5 Å². The topological polar surface area (TPSA) is 112 Å². The molecule has 1 atom stereocenters. The largest absolute Gasteiger partial charge is 0.329 e. The number of nitrogens with one attached hydrogen (secondary N) is 3. The number of aryl methyl sites for hydroxylation is 1. The van der Waals surface area contributed by atoms with Crippen LogP contribution >= 0.6 is 0 Å². The molecule has 3 aromatic heterocycles. The van der Waals surface area contributed by atoms with Crippen LogP contribution in [-0.2, 0) is 17.6 Å². The van der Waals surface area contributed by atoms with Crippen LogP contribution in [0.25, 0.3) is 0 Å². The molecule has 178 valence electrons. The van der Waals surface area contributed by atoms with E-state index in [2.05, 4.69) is 39.7 Å². The quantitative estimate of drug-likeness (QED) is 0.471. The number of aromatic amines is 1. The minimum absolute atomic E-state index is 0.171. The maximum Gasteiger partial charge on any atom is 0.247 e. The summed E-state index contributed by atoms with van der Waals surface area (Å²) in [6.07, 6.45) is 6.87.